The van der Waals surface area contributed by atoms with Crippen LogP contribution in [-0.4, -0.2) is 42.0 Å². The second kappa shape index (κ2) is 4.49. The number of thiol groups is 1. The van der Waals surface area contributed by atoms with Crippen LogP contribution < -0.4 is 5.32 Å². The van der Waals surface area contributed by atoms with E-state index in [0.717, 1.165) is 26.2 Å². The van der Waals surface area contributed by atoms with Crippen molar-refractivity contribution in [3.05, 3.63) is 0 Å². The topological polar surface area (TPSA) is 15.3 Å². The minimum Gasteiger partial charge on any atom is -0.314 e. The van der Waals surface area contributed by atoms with Crippen molar-refractivity contribution in [1.82, 2.24) is 10.2 Å². The first-order chi connectivity index (χ1) is 4.84. The summed E-state index contributed by atoms with van der Waals surface area (Å²) in [5.74, 6) is 0. The van der Waals surface area contributed by atoms with Crippen molar-refractivity contribution in [2.75, 3.05) is 32.4 Å². The van der Waals surface area contributed by atoms with E-state index >= 15 is 0 Å². The maximum absolute atomic E-state index is 4.43. The predicted octanol–water partition coefficient (Wildman–Crippen LogP) is 0.468. The van der Waals surface area contributed by atoms with Crippen LogP contribution in [0.1, 0.15) is 0 Å². The lowest BCUT2D eigenvalue weighted by Gasteiger charge is -2.30. The smallest absolute Gasteiger partial charge is 0.0996 e. The van der Waals surface area contributed by atoms with Gasteiger partial charge in [0.25, 0.3) is 0 Å². The Morgan fingerprint density at radius 2 is 2.10 bits per heavy atom. The van der Waals surface area contributed by atoms with Gasteiger partial charge in [-0.1, -0.05) is 0 Å². The fourth-order valence-corrected chi connectivity index (χ4v) is 1.79. The molecule has 0 bridgehead atoms. The summed E-state index contributed by atoms with van der Waals surface area (Å²) in [5, 5.41) is 3.31. The highest BCUT2D eigenvalue weighted by Crippen LogP contribution is 2.15. The molecular formula is C6H14N2S2. The average Bonchev–Trinajstić information content (AvgIpc) is 2.05. The molecule has 1 N–H and O–H groups in total. The Morgan fingerprint density at radius 1 is 1.50 bits per heavy atom. The summed E-state index contributed by atoms with van der Waals surface area (Å²) in [7, 11) is 0. The summed E-state index contributed by atoms with van der Waals surface area (Å²) >= 11 is 6.23. The van der Waals surface area contributed by atoms with E-state index in [-0.39, 0.29) is 0 Å². The van der Waals surface area contributed by atoms with E-state index in [1.165, 1.54) is 0 Å². The third kappa shape index (κ3) is 2.34. The van der Waals surface area contributed by atoms with E-state index in [2.05, 4.69) is 29.1 Å². The van der Waals surface area contributed by atoms with Gasteiger partial charge in [-0.15, -0.1) is 24.4 Å². The molecule has 1 fully saturated rings. The van der Waals surface area contributed by atoms with Crippen LogP contribution in [0.2, 0.25) is 0 Å². The van der Waals surface area contributed by atoms with Crippen LogP contribution in [-0.2, 0) is 0 Å². The molecule has 2 nitrogen and oxygen atoms in total. The molecule has 1 saturated heterocycles. The molecular weight excluding hydrogens is 164 g/mol. The SMILES string of the molecule is CSC(S)N1CCNCC1. The van der Waals surface area contributed by atoms with E-state index in [9.17, 15) is 0 Å². The third-order valence-electron chi connectivity index (χ3n) is 1.67. The highest BCUT2D eigenvalue weighted by molar-refractivity contribution is 8.09. The normalized spacial score (nSPS) is 24.6. The van der Waals surface area contributed by atoms with E-state index in [0.29, 0.717) is 4.71 Å². The maximum atomic E-state index is 4.43. The molecule has 1 aliphatic heterocycles. The molecule has 1 aliphatic rings. The molecule has 0 aromatic carbocycles. The van der Waals surface area contributed by atoms with Gasteiger partial charge in [0.15, 0.2) is 0 Å². The summed E-state index contributed by atoms with van der Waals surface area (Å²) in [6.07, 6.45) is 2.10. The van der Waals surface area contributed by atoms with Crippen molar-refractivity contribution in [2.24, 2.45) is 0 Å². The second-order valence-corrected chi connectivity index (χ2v) is 4.10. The Bertz CT molecular complexity index is 93.7. The number of thioether (sulfide) groups is 1. The first-order valence-electron chi connectivity index (χ1n) is 3.50. The van der Waals surface area contributed by atoms with Crippen molar-refractivity contribution in [2.45, 2.75) is 4.71 Å². The lowest BCUT2D eigenvalue weighted by Crippen LogP contribution is -2.45. The van der Waals surface area contributed by atoms with Crippen LogP contribution in [0.4, 0.5) is 0 Å². The highest BCUT2D eigenvalue weighted by atomic mass is 32.2. The number of hydrogen-bond acceptors (Lipinski definition) is 4. The van der Waals surface area contributed by atoms with Gasteiger partial charge in [-0.05, 0) is 6.26 Å². The Kier molecular flexibility index (Phi) is 3.91. The van der Waals surface area contributed by atoms with Crippen LogP contribution in [0, 0.1) is 0 Å². The molecule has 10 heavy (non-hydrogen) atoms. The minimum absolute atomic E-state index is 0.391. The molecule has 4 heteroatoms. The molecule has 1 rings (SSSR count). The van der Waals surface area contributed by atoms with Gasteiger partial charge in [-0.3, -0.25) is 4.90 Å². The fourth-order valence-electron chi connectivity index (χ4n) is 1.05. The molecule has 0 radical (unpaired) electrons. The van der Waals surface area contributed by atoms with Crippen molar-refractivity contribution >= 4 is 24.4 Å². The van der Waals surface area contributed by atoms with Crippen LogP contribution in [0.25, 0.3) is 0 Å². The summed E-state index contributed by atoms with van der Waals surface area (Å²) < 4.78 is 0.391. The quantitative estimate of drug-likeness (QED) is 0.472. The summed E-state index contributed by atoms with van der Waals surface area (Å²) in [6, 6.07) is 0. The fraction of sp³-hybridized carbons (Fsp3) is 1.00. The van der Waals surface area contributed by atoms with Gasteiger partial charge < -0.3 is 5.32 Å². The predicted molar refractivity (Wildman–Crippen MR) is 50.7 cm³/mol. The van der Waals surface area contributed by atoms with Crippen molar-refractivity contribution < 1.29 is 0 Å². The van der Waals surface area contributed by atoms with E-state index in [1.807, 2.05) is 0 Å². The third-order valence-corrected chi connectivity index (χ3v) is 3.35. The van der Waals surface area contributed by atoms with Crippen molar-refractivity contribution in [3.63, 3.8) is 0 Å². The molecule has 0 spiro atoms. The maximum Gasteiger partial charge on any atom is 0.0996 e. The number of nitrogens with one attached hydrogen (secondary N) is 1. The zero-order valence-corrected chi connectivity index (χ0v) is 7.92. The van der Waals surface area contributed by atoms with Gasteiger partial charge in [-0.2, -0.15) is 0 Å². The van der Waals surface area contributed by atoms with Gasteiger partial charge in [0.05, 0.1) is 4.71 Å². The van der Waals surface area contributed by atoms with Gasteiger partial charge in [0.2, 0.25) is 0 Å². The second-order valence-electron chi connectivity index (χ2n) is 2.35. The molecule has 60 valence electrons. The zero-order chi connectivity index (χ0) is 7.40. The zero-order valence-electron chi connectivity index (χ0n) is 6.21. The van der Waals surface area contributed by atoms with Gasteiger partial charge in [-0.25, -0.2) is 0 Å². The lowest BCUT2D eigenvalue weighted by atomic mass is 10.4. The molecule has 0 amide bonds. The molecule has 0 aromatic rings. The summed E-state index contributed by atoms with van der Waals surface area (Å²) in [5.41, 5.74) is 0. The van der Waals surface area contributed by atoms with E-state index in [1.54, 1.807) is 11.8 Å². The first-order valence-corrected chi connectivity index (χ1v) is 5.30. The minimum atomic E-state index is 0.391. The van der Waals surface area contributed by atoms with Crippen LogP contribution >= 0.6 is 24.4 Å². The Hall–Kier alpha value is 0.620. The Labute approximate surface area is 72.1 Å². The number of rotatable bonds is 2. The van der Waals surface area contributed by atoms with Crippen molar-refractivity contribution in [1.29, 1.82) is 0 Å². The summed E-state index contributed by atoms with van der Waals surface area (Å²) in [6.45, 7) is 4.49. The molecule has 0 aromatic heterocycles. The monoisotopic (exact) mass is 178 g/mol. The standard InChI is InChI=1S/C6H14N2S2/c1-10-6(9)8-4-2-7-3-5-8/h6-7,9H,2-5H2,1H3. The number of hydrogen-bond donors (Lipinski definition) is 2. The van der Waals surface area contributed by atoms with Crippen LogP contribution in [0.15, 0.2) is 0 Å². The Morgan fingerprint density at radius 3 is 2.60 bits per heavy atom. The largest absolute Gasteiger partial charge is 0.314 e. The highest BCUT2D eigenvalue weighted by Gasteiger charge is 2.14. The molecule has 1 atom stereocenters. The van der Waals surface area contributed by atoms with E-state index < -0.39 is 0 Å². The van der Waals surface area contributed by atoms with Crippen LogP contribution in [0.5, 0.6) is 0 Å². The molecule has 1 unspecified atom stereocenters. The molecule has 0 aliphatic carbocycles. The van der Waals surface area contributed by atoms with Gasteiger partial charge >= 0.3 is 0 Å². The van der Waals surface area contributed by atoms with Crippen LogP contribution in [0.3, 0.4) is 0 Å². The molecule has 1 heterocycles. The van der Waals surface area contributed by atoms with Gasteiger partial charge in [0.1, 0.15) is 0 Å². The lowest BCUT2D eigenvalue weighted by molar-refractivity contribution is 0.267. The first kappa shape index (κ1) is 8.71. The summed E-state index contributed by atoms with van der Waals surface area (Å²) in [4.78, 5) is 2.38. The average molecular weight is 178 g/mol. The van der Waals surface area contributed by atoms with E-state index in [4.69, 9.17) is 0 Å². The van der Waals surface area contributed by atoms with Crippen molar-refractivity contribution in [3.8, 4) is 0 Å². The Balaban J connectivity index is 2.24. The number of piperazine rings is 1. The number of nitrogens with zero attached hydrogens (tertiary/aromatic N) is 1. The van der Waals surface area contributed by atoms with Gasteiger partial charge in [0, 0.05) is 26.2 Å². The molecule has 0 saturated carbocycles.